The lowest BCUT2D eigenvalue weighted by molar-refractivity contribution is -0.112. The summed E-state index contributed by atoms with van der Waals surface area (Å²) < 4.78 is 10.1. The van der Waals surface area contributed by atoms with Gasteiger partial charge in [-0.25, -0.2) is 0 Å². The number of hydrogen-bond donors (Lipinski definition) is 2. The molecule has 0 radical (unpaired) electrons. The van der Waals surface area contributed by atoms with E-state index < -0.39 is 5.91 Å². The Morgan fingerprint density at radius 1 is 1.23 bits per heavy atom. The maximum Gasteiger partial charge on any atom is 0.266 e. The van der Waals surface area contributed by atoms with Crippen molar-refractivity contribution in [2.45, 2.75) is 6.92 Å². The zero-order chi connectivity index (χ0) is 19.3. The molecule has 6 nitrogen and oxygen atoms in total. The summed E-state index contributed by atoms with van der Waals surface area (Å²) in [5, 5.41) is 22.4. The minimum atomic E-state index is -0.585. The number of phenolic OH excluding ortho intramolecular Hbond substituents is 1. The van der Waals surface area contributed by atoms with Gasteiger partial charge in [0.1, 0.15) is 11.6 Å². The number of nitrogens with zero attached hydrogens (tertiary/aromatic N) is 1. The molecule has 134 valence electrons. The Balaban J connectivity index is 2.33. The van der Waals surface area contributed by atoms with Gasteiger partial charge in [-0.05, 0) is 48.4 Å². The molecule has 0 unspecified atom stereocenters. The molecule has 0 atom stereocenters. The van der Waals surface area contributed by atoms with Crippen LogP contribution in [0.3, 0.4) is 0 Å². The Morgan fingerprint density at radius 2 is 1.85 bits per heavy atom. The van der Waals surface area contributed by atoms with Crippen LogP contribution in [0.15, 0.2) is 35.9 Å². The number of phenols is 1. The van der Waals surface area contributed by atoms with Crippen LogP contribution in [-0.4, -0.2) is 25.2 Å². The van der Waals surface area contributed by atoms with E-state index in [4.69, 9.17) is 21.1 Å². The number of anilines is 1. The topological polar surface area (TPSA) is 91.6 Å². The molecular formula is C19H17ClN2O4. The number of aryl methyl sites for hydroxylation is 1. The largest absolute Gasteiger partial charge is 0.502 e. The highest BCUT2D eigenvalue weighted by Gasteiger charge is 2.14. The number of nitrogens with one attached hydrogen (secondary N) is 1. The molecule has 0 bridgehead atoms. The van der Waals surface area contributed by atoms with Gasteiger partial charge >= 0.3 is 0 Å². The van der Waals surface area contributed by atoms with Crippen molar-refractivity contribution in [3.63, 3.8) is 0 Å². The fourth-order valence-corrected chi connectivity index (χ4v) is 2.36. The molecule has 26 heavy (non-hydrogen) atoms. The molecule has 2 aromatic rings. The molecule has 0 saturated heterocycles. The van der Waals surface area contributed by atoms with Crippen molar-refractivity contribution in [2.75, 3.05) is 19.5 Å². The van der Waals surface area contributed by atoms with E-state index in [0.717, 1.165) is 5.56 Å². The Hall–Kier alpha value is -3.17. The Morgan fingerprint density at radius 3 is 2.35 bits per heavy atom. The third kappa shape index (κ3) is 4.26. The molecule has 0 spiro atoms. The molecule has 0 aliphatic carbocycles. The Kier molecular flexibility index (Phi) is 6.10. The highest BCUT2D eigenvalue weighted by molar-refractivity contribution is 6.31. The van der Waals surface area contributed by atoms with E-state index in [-0.39, 0.29) is 22.8 Å². The van der Waals surface area contributed by atoms with Gasteiger partial charge < -0.3 is 19.9 Å². The lowest BCUT2D eigenvalue weighted by Crippen LogP contribution is -2.13. The molecule has 2 rings (SSSR count). The first-order chi connectivity index (χ1) is 12.4. The van der Waals surface area contributed by atoms with Gasteiger partial charge in [-0.15, -0.1) is 0 Å². The number of benzene rings is 2. The quantitative estimate of drug-likeness (QED) is 0.613. The van der Waals surface area contributed by atoms with E-state index in [2.05, 4.69) is 5.32 Å². The first-order valence-electron chi connectivity index (χ1n) is 7.54. The third-order valence-electron chi connectivity index (χ3n) is 3.61. The fourth-order valence-electron chi connectivity index (χ4n) is 2.18. The number of amides is 1. The van der Waals surface area contributed by atoms with Gasteiger partial charge in [0.2, 0.25) is 5.75 Å². The van der Waals surface area contributed by atoms with E-state index in [1.165, 1.54) is 32.4 Å². The molecule has 7 heteroatoms. The molecule has 0 aromatic heterocycles. The number of halogens is 1. The molecule has 0 aliphatic rings. The molecule has 0 fully saturated rings. The summed E-state index contributed by atoms with van der Waals surface area (Å²) in [5.74, 6) is -0.417. The van der Waals surface area contributed by atoms with Crippen molar-refractivity contribution >= 4 is 29.3 Å². The Labute approximate surface area is 156 Å². The lowest BCUT2D eigenvalue weighted by Gasteiger charge is -2.10. The number of carbonyl (C=O) groups excluding carboxylic acids is 1. The van der Waals surface area contributed by atoms with Crippen molar-refractivity contribution in [2.24, 2.45) is 0 Å². The summed E-state index contributed by atoms with van der Waals surface area (Å²) in [6.45, 7) is 1.85. The zero-order valence-electron chi connectivity index (χ0n) is 14.5. The predicted molar refractivity (Wildman–Crippen MR) is 99.6 cm³/mol. The highest BCUT2D eigenvalue weighted by atomic mass is 35.5. The fraction of sp³-hybridized carbons (Fsp3) is 0.158. The molecular weight excluding hydrogens is 356 g/mol. The molecule has 0 heterocycles. The maximum absolute atomic E-state index is 12.4. The molecule has 1 amide bonds. The van der Waals surface area contributed by atoms with Gasteiger partial charge in [-0.2, -0.15) is 5.26 Å². The Bertz CT molecular complexity index is 891. The number of carbonyl (C=O) groups is 1. The van der Waals surface area contributed by atoms with Crippen LogP contribution in [0.5, 0.6) is 17.2 Å². The average Bonchev–Trinajstić information content (AvgIpc) is 2.63. The van der Waals surface area contributed by atoms with Crippen LogP contribution in [0.1, 0.15) is 11.1 Å². The van der Waals surface area contributed by atoms with Crippen molar-refractivity contribution in [1.29, 1.82) is 5.26 Å². The van der Waals surface area contributed by atoms with Crippen LogP contribution >= 0.6 is 11.6 Å². The van der Waals surface area contributed by atoms with Crippen LogP contribution in [0.2, 0.25) is 5.02 Å². The van der Waals surface area contributed by atoms with E-state index in [9.17, 15) is 15.2 Å². The van der Waals surface area contributed by atoms with Crippen LogP contribution in [0, 0.1) is 18.3 Å². The lowest BCUT2D eigenvalue weighted by atomic mass is 10.1. The number of aromatic hydroxyl groups is 1. The second-order valence-corrected chi connectivity index (χ2v) is 5.77. The van der Waals surface area contributed by atoms with Crippen LogP contribution in [-0.2, 0) is 4.79 Å². The highest BCUT2D eigenvalue weighted by Crippen LogP contribution is 2.37. The predicted octanol–water partition coefficient (Wildman–Crippen LogP) is 3.92. The van der Waals surface area contributed by atoms with Crippen molar-refractivity contribution < 1.29 is 19.4 Å². The number of hydrogen-bond acceptors (Lipinski definition) is 5. The van der Waals surface area contributed by atoms with Gasteiger partial charge in [-0.3, -0.25) is 4.79 Å². The van der Waals surface area contributed by atoms with Gasteiger partial charge in [0, 0.05) is 10.7 Å². The average molecular weight is 373 g/mol. The smallest absolute Gasteiger partial charge is 0.266 e. The minimum absolute atomic E-state index is 0.128. The normalized spacial score (nSPS) is 10.8. The van der Waals surface area contributed by atoms with Crippen LogP contribution < -0.4 is 14.8 Å². The first kappa shape index (κ1) is 19.2. The summed E-state index contributed by atoms with van der Waals surface area (Å²) in [7, 11) is 2.78. The van der Waals surface area contributed by atoms with Crippen LogP contribution in [0.25, 0.3) is 6.08 Å². The second-order valence-electron chi connectivity index (χ2n) is 5.36. The van der Waals surface area contributed by atoms with E-state index in [0.29, 0.717) is 16.3 Å². The summed E-state index contributed by atoms with van der Waals surface area (Å²) in [6, 6.07) is 9.91. The van der Waals surface area contributed by atoms with Crippen LogP contribution in [0.4, 0.5) is 5.69 Å². The minimum Gasteiger partial charge on any atom is -0.502 e. The van der Waals surface area contributed by atoms with Gasteiger partial charge in [-0.1, -0.05) is 17.7 Å². The van der Waals surface area contributed by atoms with Crippen molar-refractivity contribution in [3.05, 3.63) is 52.1 Å². The molecule has 0 aliphatic heterocycles. The van der Waals surface area contributed by atoms with Crippen molar-refractivity contribution in [1.82, 2.24) is 0 Å². The second kappa shape index (κ2) is 8.28. The number of ether oxygens (including phenoxy) is 2. The SMILES string of the molecule is COc1cc(/C=C(\C#N)C(=O)Nc2ccc(C)c(Cl)c2)cc(OC)c1O. The number of methoxy groups -OCH3 is 2. The third-order valence-corrected chi connectivity index (χ3v) is 4.02. The summed E-state index contributed by atoms with van der Waals surface area (Å²) in [6.07, 6.45) is 1.37. The summed E-state index contributed by atoms with van der Waals surface area (Å²) in [5.41, 5.74) is 1.69. The van der Waals surface area contributed by atoms with E-state index in [1.807, 2.05) is 13.0 Å². The molecule has 0 saturated carbocycles. The first-order valence-corrected chi connectivity index (χ1v) is 7.91. The van der Waals surface area contributed by atoms with Gasteiger partial charge in [0.25, 0.3) is 5.91 Å². The van der Waals surface area contributed by atoms with Crippen molar-refractivity contribution in [3.8, 4) is 23.3 Å². The van der Waals surface area contributed by atoms with Gasteiger partial charge in [0.05, 0.1) is 14.2 Å². The number of nitriles is 1. The van der Waals surface area contributed by atoms with Gasteiger partial charge in [0.15, 0.2) is 11.5 Å². The molecule has 2 N–H and O–H groups in total. The monoisotopic (exact) mass is 372 g/mol. The standard InChI is InChI=1S/C19H17ClN2O4/c1-11-4-5-14(9-15(11)20)22-19(24)13(10-21)6-12-7-16(25-2)18(23)17(8-12)26-3/h4-9,23H,1-3H3,(H,22,24)/b13-6+. The van der Waals surface area contributed by atoms with E-state index in [1.54, 1.807) is 18.2 Å². The molecule has 2 aromatic carbocycles. The summed E-state index contributed by atoms with van der Waals surface area (Å²) >= 11 is 6.04. The van der Waals surface area contributed by atoms with E-state index >= 15 is 0 Å². The zero-order valence-corrected chi connectivity index (χ0v) is 15.2. The number of rotatable bonds is 5. The summed E-state index contributed by atoms with van der Waals surface area (Å²) in [4.78, 5) is 12.4. The maximum atomic E-state index is 12.4.